The van der Waals surface area contributed by atoms with Crippen molar-refractivity contribution in [1.29, 1.82) is 0 Å². The first-order chi connectivity index (χ1) is 12.3. The van der Waals surface area contributed by atoms with Gasteiger partial charge in [0.1, 0.15) is 17.9 Å². The lowest BCUT2D eigenvalue weighted by Crippen LogP contribution is -2.18. The first kappa shape index (κ1) is 18.3. The standard InChI is InChI=1S/C19H18IN2O2P/c20-25-24-18-9-6-15(7-10-18)19(23)16-5-8-17(21-14-16)4-3-13-22-11-1-2-12-22/h5-10,14,25H,1-2,11-13H2. The predicted molar refractivity (Wildman–Crippen MR) is 110 cm³/mol. The molecule has 1 aromatic heterocycles. The molecule has 0 N–H and O–H groups in total. The maximum Gasteiger partial charge on any atom is 0.194 e. The van der Waals surface area contributed by atoms with Crippen LogP contribution in [-0.2, 0) is 0 Å². The largest absolute Gasteiger partial charge is 0.467 e. The Morgan fingerprint density at radius 1 is 1.16 bits per heavy atom. The van der Waals surface area contributed by atoms with Crippen molar-refractivity contribution < 1.29 is 9.32 Å². The van der Waals surface area contributed by atoms with E-state index in [1.165, 1.54) is 12.8 Å². The van der Waals surface area contributed by atoms with Crippen molar-refractivity contribution in [2.24, 2.45) is 0 Å². The number of benzene rings is 1. The maximum absolute atomic E-state index is 12.5. The number of hydrogen-bond donors (Lipinski definition) is 0. The number of halogens is 1. The average Bonchev–Trinajstić information content (AvgIpc) is 3.16. The summed E-state index contributed by atoms with van der Waals surface area (Å²) in [7, 11) is 0. The Labute approximate surface area is 162 Å². The third-order valence-electron chi connectivity index (χ3n) is 4.02. The molecule has 0 aliphatic carbocycles. The molecule has 0 radical (unpaired) electrons. The van der Waals surface area contributed by atoms with Crippen LogP contribution in [0, 0.1) is 11.8 Å². The summed E-state index contributed by atoms with van der Waals surface area (Å²) in [6, 6.07) is 10.8. The molecule has 1 saturated heterocycles. The van der Waals surface area contributed by atoms with Gasteiger partial charge in [0.05, 0.1) is 6.54 Å². The number of likely N-dealkylation sites (tertiary alicyclic amines) is 1. The summed E-state index contributed by atoms with van der Waals surface area (Å²) in [6.45, 7) is 3.42. The lowest BCUT2D eigenvalue weighted by atomic mass is 10.0. The lowest BCUT2D eigenvalue weighted by Gasteiger charge is -2.08. The molecule has 25 heavy (non-hydrogen) atoms. The molecule has 1 aliphatic rings. The Morgan fingerprint density at radius 2 is 1.88 bits per heavy atom. The highest BCUT2D eigenvalue weighted by atomic mass is 127. The second-order valence-corrected chi connectivity index (χ2v) is 7.43. The highest BCUT2D eigenvalue weighted by Crippen LogP contribution is 2.26. The fourth-order valence-corrected chi connectivity index (χ4v) is 3.66. The normalized spacial score (nSPS) is 14.4. The smallest absolute Gasteiger partial charge is 0.194 e. The van der Waals surface area contributed by atoms with E-state index in [-0.39, 0.29) is 5.78 Å². The molecule has 6 heteroatoms. The van der Waals surface area contributed by atoms with Gasteiger partial charge in [-0.15, -0.1) is 0 Å². The van der Waals surface area contributed by atoms with Gasteiger partial charge in [0.15, 0.2) is 5.78 Å². The second kappa shape index (κ2) is 9.28. The highest BCUT2D eigenvalue weighted by Gasteiger charge is 2.10. The predicted octanol–water partition coefficient (Wildman–Crippen LogP) is 4.08. The number of carbonyl (C=O) groups is 1. The molecule has 2 aromatic rings. The number of carbonyl (C=O) groups excluding carboxylic acids is 1. The third kappa shape index (κ3) is 5.24. The van der Waals surface area contributed by atoms with E-state index in [1.807, 2.05) is 12.1 Å². The quantitative estimate of drug-likeness (QED) is 0.290. The van der Waals surface area contributed by atoms with Crippen molar-refractivity contribution >= 4 is 34.3 Å². The number of pyridine rings is 1. The van der Waals surface area contributed by atoms with E-state index in [0.717, 1.165) is 25.4 Å². The Hall–Kier alpha value is -1.48. The molecule has 0 amide bonds. The molecule has 0 bridgehead atoms. The Balaban J connectivity index is 1.62. The van der Waals surface area contributed by atoms with Gasteiger partial charge in [-0.3, -0.25) is 9.69 Å². The van der Waals surface area contributed by atoms with Gasteiger partial charge in [-0.1, -0.05) is 5.92 Å². The Kier molecular flexibility index (Phi) is 6.80. The minimum Gasteiger partial charge on any atom is -0.467 e. The van der Waals surface area contributed by atoms with E-state index in [4.69, 9.17) is 4.52 Å². The molecular formula is C19H18IN2O2P. The molecular weight excluding hydrogens is 446 g/mol. The first-order valence-corrected chi connectivity index (χ1v) is 12.1. The van der Waals surface area contributed by atoms with E-state index < -0.39 is 0 Å². The van der Waals surface area contributed by atoms with E-state index in [9.17, 15) is 4.79 Å². The van der Waals surface area contributed by atoms with Gasteiger partial charge in [0, 0.05) is 17.3 Å². The van der Waals surface area contributed by atoms with Crippen LogP contribution in [0.2, 0.25) is 0 Å². The molecule has 1 atom stereocenters. The number of nitrogens with zero attached hydrogens (tertiary/aromatic N) is 2. The summed E-state index contributed by atoms with van der Waals surface area (Å²) < 4.78 is 5.41. The molecule has 0 spiro atoms. The molecule has 0 saturated carbocycles. The van der Waals surface area contributed by atoms with E-state index >= 15 is 0 Å². The van der Waals surface area contributed by atoms with Crippen molar-refractivity contribution in [2.45, 2.75) is 12.8 Å². The van der Waals surface area contributed by atoms with Gasteiger partial charge in [-0.2, -0.15) is 0 Å². The minimum atomic E-state index is -0.0486. The van der Waals surface area contributed by atoms with Crippen molar-refractivity contribution in [1.82, 2.24) is 9.88 Å². The SMILES string of the molecule is O=C(c1ccc(OPI)cc1)c1ccc(C#CCN2CCCC2)nc1. The van der Waals surface area contributed by atoms with Gasteiger partial charge < -0.3 is 4.52 Å². The fourth-order valence-electron chi connectivity index (χ4n) is 2.67. The Bertz CT molecular complexity index is 776. The van der Waals surface area contributed by atoms with Crippen LogP contribution in [0.15, 0.2) is 42.6 Å². The first-order valence-electron chi connectivity index (χ1n) is 8.11. The van der Waals surface area contributed by atoms with Crippen molar-refractivity contribution in [3.05, 3.63) is 59.4 Å². The number of hydrogen-bond acceptors (Lipinski definition) is 4. The molecule has 3 rings (SSSR count). The molecule has 4 nitrogen and oxygen atoms in total. The van der Waals surface area contributed by atoms with Crippen molar-refractivity contribution in [3.63, 3.8) is 0 Å². The molecule has 1 aromatic carbocycles. The zero-order chi connectivity index (χ0) is 17.5. The van der Waals surface area contributed by atoms with E-state index in [0.29, 0.717) is 23.3 Å². The number of aromatic nitrogens is 1. The summed E-state index contributed by atoms with van der Waals surface area (Å²) in [5.41, 5.74) is 1.89. The van der Waals surface area contributed by atoms with Crippen LogP contribution in [0.25, 0.3) is 0 Å². The summed E-state index contributed by atoms with van der Waals surface area (Å²) >= 11 is 2.16. The Morgan fingerprint density at radius 3 is 2.52 bits per heavy atom. The number of ketones is 1. The topological polar surface area (TPSA) is 42.4 Å². The van der Waals surface area contributed by atoms with Crippen molar-refractivity contribution in [2.75, 3.05) is 19.6 Å². The zero-order valence-electron chi connectivity index (χ0n) is 13.7. The van der Waals surface area contributed by atoms with Crippen LogP contribution in [0.4, 0.5) is 0 Å². The average molecular weight is 464 g/mol. The molecule has 128 valence electrons. The van der Waals surface area contributed by atoms with Crippen molar-refractivity contribution in [3.8, 4) is 17.6 Å². The zero-order valence-corrected chi connectivity index (χ0v) is 16.8. The van der Waals surface area contributed by atoms with Crippen LogP contribution >= 0.6 is 28.5 Å². The van der Waals surface area contributed by atoms with Gasteiger partial charge >= 0.3 is 0 Å². The van der Waals surface area contributed by atoms with Gasteiger partial charge in [-0.25, -0.2) is 4.98 Å². The van der Waals surface area contributed by atoms with Crippen LogP contribution in [0.1, 0.15) is 34.5 Å². The summed E-state index contributed by atoms with van der Waals surface area (Å²) in [6.07, 6.45) is 4.13. The van der Waals surface area contributed by atoms with E-state index in [1.54, 1.807) is 30.5 Å². The number of rotatable bonds is 5. The van der Waals surface area contributed by atoms with Gasteiger partial charge in [0.25, 0.3) is 0 Å². The summed E-state index contributed by atoms with van der Waals surface area (Å²) in [5, 5.41) is 0. The second-order valence-electron chi connectivity index (χ2n) is 5.75. The van der Waals surface area contributed by atoms with Crippen LogP contribution < -0.4 is 4.52 Å². The fraction of sp³-hybridized carbons (Fsp3) is 0.263. The lowest BCUT2D eigenvalue weighted by molar-refractivity contribution is 0.103. The highest BCUT2D eigenvalue weighted by molar-refractivity contribution is 14.2. The molecule has 1 aliphatic heterocycles. The molecule has 2 heterocycles. The molecule has 1 unspecified atom stereocenters. The van der Waals surface area contributed by atoms with Gasteiger partial charge in [-0.05, 0) is 90.3 Å². The maximum atomic E-state index is 12.5. The van der Waals surface area contributed by atoms with Crippen LogP contribution in [0.3, 0.4) is 0 Å². The summed E-state index contributed by atoms with van der Waals surface area (Å²) in [5.74, 6) is 6.95. The summed E-state index contributed by atoms with van der Waals surface area (Å²) in [4.78, 5) is 19.1. The van der Waals surface area contributed by atoms with Crippen LogP contribution in [0.5, 0.6) is 5.75 Å². The third-order valence-corrected chi connectivity index (χ3v) is 4.99. The van der Waals surface area contributed by atoms with E-state index in [2.05, 4.69) is 43.8 Å². The minimum absolute atomic E-state index is 0.0486. The van der Waals surface area contributed by atoms with Crippen LogP contribution in [-0.4, -0.2) is 35.3 Å². The molecule has 1 fully saturated rings. The monoisotopic (exact) mass is 464 g/mol. The van der Waals surface area contributed by atoms with Gasteiger partial charge in [0.2, 0.25) is 0 Å².